The summed E-state index contributed by atoms with van der Waals surface area (Å²) in [6.45, 7) is 11.2. The molecule has 1 fully saturated rings. The fraction of sp³-hybridized carbons (Fsp3) is 0.619. The van der Waals surface area contributed by atoms with Crippen molar-refractivity contribution in [2.75, 3.05) is 46.3 Å². The van der Waals surface area contributed by atoms with Gasteiger partial charge in [0.1, 0.15) is 5.60 Å². The number of pyridine rings is 1. The minimum Gasteiger partial charge on any atom is -0.444 e. The van der Waals surface area contributed by atoms with Gasteiger partial charge in [-0.2, -0.15) is 0 Å². The zero-order valence-corrected chi connectivity index (χ0v) is 21.7. The average molecular weight is 558 g/mol. The summed E-state index contributed by atoms with van der Waals surface area (Å²) in [7, 11) is 1.76. The fourth-order valence-electron chi connectivity index (χ4n) is 3.38. The number of ether oxygens (including phenoxy) is 1. The number of guanidine groups is 1. The predicted molar refractivity (Wildman–Crippen MR) is 135 cm³/mol. The van der Waals surface area contributed by atoms with Gasteiger partial charge in [0.15, 0.2) is 17.4 Å². The lowest BCUT2D eigenvalue weighted by molar-refractivity contribution is 0.0145. The highest BCUT2D eigenvalue weighted by Gasteiger charge is 2.25. The Kier molecular flexibility index (Phi) is 9.94. The Morgan fingerprint density at radius 2 is 1.91 bits per heavy atom. The van der Waals surface area contributed by atoms with Gasteiger partial charge < -0.3 is 20.3 Å². The van der Waals surface area contributed by atoms with E-state index in [2.05, 4.69) is 30.7 Å². The number of piperazine rings is 1. The second kappa shape index (κ2) is 12.2. The largest absolute Gasteiger partial charge is 0.444 e. The van der Waals surface area contributed by atoms with Crippen LogP contribution in [0.25, 0.3) is 5.65 Å². The van der Waals surface area contributed by atoms with Crippen LogP contribution in [-0.2, 0) is 11.3 Å². The third-order valence-electron chi connectivity index (χ3n) is 4.99. The van der Waals surface area contributed by atoms with Crippen LogP contribution in [0.15, 0.2) is 29.4 Å². The normalized spacial score (nSPS) is 15.4. The van der Waals surface area contributed by atoms with E-state index in [-0.39, 0.29) is 30.1 Å². The van der Waals surface area contributed by atoms with E-state index in [4.69, 9.17) is 4.74 Å². The molecule has 1 saturated heterocycles. The van der Waals surface area contributed by atoms with Crippen molar-refractivity contribution in [1.29, 1.82) is 0 Å². The number of fused-ring (bicyclic) bond motifs is 1. The first kappa shape index (κ1) is 26.1. The number of amides is 1. The Hall–Kier alpha value is -2.15. The van der Waals surface area contributed by atoms with Crippen LogP contribution in [0.5, 0.6) is 0 Å². The molecular weight excluding hydrogens is 523 g/mol. The van der Waals surface area contributed by atoms with Gasteiger partial charge in [-0.3, -0.25) is 14.3 Å². The summed E-state index contributed by atoms with van der Waals surface area (Å²) in [5.74, 6) is 1.57. The Morgan fingerprint density at radius 1 is 1.16 bits per heavy atom. The van der Waals surface area contributed by atoms with E-state index < -0.39 is 5.60 Å². The van der Waals surface area contributed by atoms with E-state index in [1.807, 2.05) is 49.6 Å². The number of rotatable bonds is 6. The molecule has 1 amide bonds. The molecular formula is C21H35IN8O2. The molecule has 0 spiro atoms. The molecule has 0 saturated carbocycles. The number of carbonyl (C=O) groups is 1. The van der Waals surface area contributed by atoms with Gasteiger partial charge in [-0.1, -0.05) is 6.07 Å². The molecule has 10 nitrogen and oxygen atoms in total. The summed E-state index contributed by atoms with van der Waals surface area (Å²) >= 11 is 0. The van der Waals surface area contributed by atoms with Crippen LogP contribution in [0.1, 0.15) is 33.0 Å². The molecule has 1 aliphatic heterocycles. The van der Waals surface area contributed by atoms with Crippen LogP contribution in [0, 0.1) is 0 Å². The highest BCUT2D eigenvalue weighted by Crippen LogP contribution is 2.12. The summed E-state index contributed by atoms with van der Waals surface area (Å²) < 4.78 is 7.41. The van der Waals surface area contributed by atoms with Crippen molar-refractivity contribution in [2.24, 2.45) is 4.99 Å². The fourth-order valence-corrected chi connectivity index (χ4v) is 3.38. The molecule has 0 unspecified atom stereocenters. The molecule has 32 heavy (non-hydrogen) atoms. The molecule has 178 valence electrons. The second-order valence-corrected chi connectivity index (χ2v) is 8.56. The Bertz CT molecular complexity index is 887. The first-order valence-corrected chi connectivity index (χ1v) is 10.8. The van der Waals surface area contributed by atoms with Crippen molar-refractivity contribution in [2.45, 2.75) is 39.3 Å². The van der Waals surface area contributed by atoms with Crippen molar-refractivity contribution in [3.63, 3.8) is 0 Å². The van der Waals surface area contributed by atoms with Crippen LogP contribution in [0.3, 0.4) is 0 Å². The highest BCUT2D eigenvalue weighted by molar-refractivity contribution is 14.0. The maximum atomic E-state index is 12.2. The number of nitrogens with one attached hydrogen (secondary N) is 2. The number of hydrogen-bond donors (Lipinski definition) is 2. The quantitative estimate of drug-likeness (QED) is 0.242. The average Bonchev–Trinajstić information content (AvgIpc) is 3.15. The van der Waals surface area contributed by atoms with Crippen molar-refractivity contribution >= 4 is 41.7 Å². The van der Waals surface area contributed by atoms with Crippen LogP contribution in [0.2, 0.25) is 0 Å². The van der Waals surface area contributed by atoms with Crippen LogP contribution < -0.4 is 10.6 Å². The van der Waals surface area contributed by atoms with E-state index in [1.165, 1.54) is 0 Å². The smallest absolute Gasteiger partial charge is 0.410 e. The zero-order valence-electron chi connectivity index (χ0n) is 19.4. The predicted octanol–water partition coefficient (Wildman–Crippen LogP) is 1.96. The summed E-state index contributed by atoms with van der Waals surface area (Å²) in [5.41, 5.74) is 0.377. The summed E-state index contributed by atoms with van der Waals surface area (Å²) in [6, 6.07) is 5.83. The second-order valence-electron chi connectivity index (χ2n) is 8.56. The Labute approximate surface area is 206 Å². The highest BCUT2D eigenvalue weighted by atomic mass is 127. The Morgan fingerprint density at radius 3 is 2.59 bits per heavy atom. The van der Waals surface area contributed by atoms with Crippen molar-refractivity contribution < 1.29 is 9.53 Å². The zero-order chi connectivity index (χ0) is 22.3. The summed E-state index contributed by atoms with van der Waals surface area (Å²) in [5, 5.41) is 15.0. The van der Waals surface area contributed by atoms with Crippen molar-refractivity contribution in [1.82, 2.24) is 35.0 Å². The molecule has 2 aromatic rings. The number of nitrogens with zero attached hydrogens (tertiary/aromatic N) is 6. The molecule has 2 aromatic heterocycles. The number of carbonyl (C=O) groups excluding carboxylic acids is 1. The topological polar surface area (TPSA) is 99.4 Å². The molecule has 3 heterocycles. The van der Waals surface area contributed by atoms with Gasteiger partial charge in [0, 0.05) is 46.0 Å². The molecule has 0 radical (unpaired) electrons. The van der Waals surface area contributed by atoms with E-state index in [0.717, 1.165) is 50.0 Å². The minimum absolute atomic E-state index is 0. The summed E-state index contributed by atoms with van der Waals surface area (Å²) in [4.78, 5) is 20.6. The van der Waals surface area contributed by atoms with Gasteiger partial charge in [-0.05, 0) is 45.9 Å². The molecule has 0 atom stereocenters. The molecule has 2 N–H and O–H groups in total. The van der Waals surface area contributed by atoms with Crippen LogP contribution in [-0.4, -0.2) is 88.4 Å². The van der Waals surface area contributed by atoms with Gasteiger partial charge in [-0.25, -0.2) is 4.79 Å². The third kappa shape index (κ3) is 7.76. The number of aromatic nitrogens is 3. The standard InChI is InChI=1S/C21H34N8O2.HI/c1-21(2,3)31-20(30)28-14-12-27(13-15-28)10-7-9-23-19(22-4)24-16-18-26-25-17-8-5-6-11-29(17)18;/h5-6,8,11H,7,9-10,12-16H2,1-4H3,(H2,22,23,24);1H. The number of hydrogen-bond acceptors (Lipinski definition) is 6. The minimum atomic E-state index is -0.451. The lowest BCUT2D eigenvalue weighted by atomic mass is 10.2. The van der Waals surface area contributed by atoms with E-state index in [9.17, 15) is 4.79 Å². The monoisotopic (exact) mass is 558 g/mol. The third-order valence-corrected chi connectivity index (χ3v) is 4.99. The van der Waals surface area contributed by atoms with Gasteiger partial charge in [0.05, 0.1) is 6.54 Å². The van der Waals surface area contributed by atoms with Crippen molar-refractivity contribution in [3.8, 4) is 0 Å². The van der Waals surface area contributed by atoms with E-state index in [1.54, 1.807) is 11.9 Å². The lowest BCUT2D eigenvalue weighted by Gasteiger charge is -2.35. The van der Waals surface area contributed by atoms with Crippen molar-refractivity contribution in [3.05, 3.63) is 30.2 Å². The van der Waals surface area contributed by atoms with E-state index >= 15 is 0 Å². The van der Waals surface area contributed by atoms with Crippen LogP contribution in [0.4, 0.5) is 4.79 Å². The molecule has 0 bridgehead atoms. The SMILES string of the molecule is CN=C(NCCCN1CCN(C(=O)OC(C)(C)C)CC1)NCc1nnc2ccccn12.I. The first-order chi connectivity index (χ1) is 14.9. The molecule has 0 aliphatic carbocycles. The number of halogens is 1. The number of aliphatic imine (C=N–C) groups is 1. The Balaban J connectivity index is 0.00000363. The van der Waals surface area contributed by atoms with E-state index in [0.29, 0.717) is 19.6 Å². The molecule has 11 heteroatoms. The molecule has 1 aliphatic rings. The van der Waals surface area contributed by atoms with Gasteiger partial charge in [0.25, 0.3) is 0 Å². The maximum Gasteiger partial charge on any atom is 0.410 e. The lowest BCUT2D eigenvalue weighted by Crippen LogP contribution is -2.50. The van der Waals surface area contributed by atoms with Gasteiger partial charge >= 0.3 is 6.09 Å². The van der Waals surface area contributed by atoms with Crippen LogP contribution >= 0.6 is 24.0 Å². The maximum absolute atomic E-state index is 12.2. The molecule has 3 rings (SSSR count). The van der Waals surface area contributed by atoms with Gasteiger partial charge in [-0.15, -0.1) is 34.2 Å². The summed E-state index contributed by atoms with van der Waals surface area (Å²) in [6.07, 6.45) is 2.72. The van der Waals surface area contributed by atoms with Gasteiger partial charge in [0.2, 0.25) is 0 Å². The first-order valence-electron chi connectivity index (χ1n) is 10.8. The molecule has 0 aromatic carbocycles.